The highest BCUT2D eigenvalue weighted by Gasteiger charge is 2.56. The number of fused-ring (bicyclic) bond motifs is 2. The lowest BCUT2D eigenvalue weighted by Crippen LogP contribution is -2.62. The summed E-state index contributed by atoms with van der Waals surface area (Å²) in [7, 11) is 0. The monoisotopic (exact) mass is 376 g/mol. The van der Waals surface area contributed by atoms with E-state index in [0.717, 1.165) is 38.4 Å². The summed E-state index contributed by atoms with van der Waals surface area (Å²) in [5.41, 5.74) is 6.65. The molecule has 5 aliphatic rings. The fourth-order valence-corrected chi connectivity index (χ4v) is 5.83. The van der Waals surface area contributed by atoms with E-state index in [9.17, 15) is 13.6 Å². The second-order valence-corrected chi connectivity index (χ2v) is 8.57. The molecule has 5 saturated heterocycles. The summed E-state index contributed by atoms with van der Waals surface area (Å²) < 4.78 is 28.5. The van der Waals surface area contributed by atoms with Gasteiger partial charge in [-0.25, -0.2) is 14.2 Å². The number of benzene rings is 1. The van der Waals surface area contributed by atoms with Crippen molar-refractivity contribution in [3.8, 4) is 0 Å². The number of nitrogens with one attached hydrogen (secondary N) is 2. The van der Waals surface area contributed by atoms with Crippen molar-refractivity contribution in [2.45, 2.75) is 56.3 Å². The maximum absolute atomic E-state index is 14.6. The average Bonchev–Trinajstić information content (AvgIpc) is 3.30. The molecule has 1 amide bonds. The number of piperidine rings is 3. The third-order valence-corrected chi connectivity index (χ3v) is 7.05. The second kappa shape index (κ2) is 6.50. The van der Waals surface area contributed by atoms with E-state index in [-0.39, 0.29) is 36.0 Å². The van der Waals surface area contributed by atoms with Gasteiger partial charge in [0.25, 0.3) is 0 Å². The van der Waals surface area contributed by atoms with Gasteiger partial charge in [-0.2, -0.15) is 0 Å². The quantitative estimate of drug-likeness (QED) is 0.823. The van der Waals surface area contributed by atoms with Crippen LogP contribution in [0.2, 0.25) is 0 Å². The molecule has 2 N–H and O–H groups in total. The molecular formula is C20H26F2N4O. The fraction of sp³-hybridized carbons (Fsp3) is 0.650. The van der Waals surface area contributed by atoms with Gasteiger partial charge in [0, 0.05) is 24.5 Å². The van der Waals surface area contributed by atoms with E-state index in [1.165, 1.54) is 0 Å². The van der Waals surface area contributed by atoms with Crippen LogP contribution < -0.4 is 10.9 Å². The maximum atomic E-state index is 14.6. The van der Waals surface area contributed by atoms with E-state index in [0.29, 0.717) is 18.0 Å². The SMILES string of the molecule is CC1CC(C(=O)N2C[C@H](c3cccc(F)c3F)[C@H]3[C@@H]2C2CCN3CC2)NN1. The Morgan fingerprint density at radius 3 is 2.63 bits per heavy atom. The van der Waals surface area contributed by atoms with Crippen LogP contribution in [0.1, 0.15) is 37.7 Å². The predicted molar refractivity (Wildman–Crippen MR) is 96.8 cm³/mol. The highest BCUT2D eigenvalue weighted by atomic mass is 19.2. The minimum absolute atomic E-state index is 0.0875. The van der Waals surface area contributed by atoms with Crippen LogP contribution in [0.3, 0.4) is 0 Å². The molecular weight excluding hydrogens is 350 g/mol. The summed E-state index contributed by atoms with van der Waals surface area (Å²) in [5.74, 6) is -1.19. The van der Waals surface area contributed by atoms with Crippen molar-refractivity contribution in [1.29, 1.82) is 0 Å². The maximum Gasteiger partial charge on any atom is 0.241 e. The van der Waals surface area contributed by atoms with Crippen LogP contribution in [0.5, 0.6) is 0 Å². The summed E-state index contributed by atoms with van der Waals surface area (Å²) in [6.45, 7) is 4.49. The van der Waals surface area contributed by atoms with Gasteiger partial charge in [0.15, 0.2) is 11.6 Å². The van der Waals surface area contributed by atoms with Crippen molar-refractivity contribution in [2.75, 3.05) is 19.6 Å². The van der Waals surface area contributed by atoms with Crippen molar-refractivity contribution in [3.63, 3.8) is 0 Å². The normalized spacial score (nSPS) is 40.4. The van der Waals surface area contributed by atoms with Crippen LogP contribution in [0.25, 0.3) is 0 Å². The summed E-state index contributed by atoms with van der Waals surface area (Å²) in [6, 6.07) is 4.63. The molecule has 1 aromatic carbocycles. The topological polar surface area (TPSA) is 47.6 Å². The Balaban J connectivity index is 1.50. The van der Waals surface area contributed by atoms with Crippen LogP contribution in [0, 0.1) is 17.6 Å². The Hall–Kier alpha value is -1.57. The Kier molecular flexibility index (Phi) is 4.22. The molecule has 0 saturated carbocycles. The summed E-state index contributed by atoms with van der Waals surface area (Å²) in [4.78, 5) is 17.7. The third kappa shape index (κ3) is 2.70. The number of likely N-dealkylation sites (tertiary alicyclic amines) is 1. The Morgan fingerprint density at radius 1 is 1.15 bits per heavy atom. The van der Waals surface area contributed by atoms with E-state index < -0.39 is 11.6 Å². The molecule has 5 fully saturated rings. The first-order chi connectivity index (χ1) is 13.0. The van der Waals surface area contributed by atoms with E-state index >= 15 is 0 Å². The minimum atomic E-state index is -0.805. The van der Waals surface area contributed by atoms with Crippen molar-refractivity contribution in [1.82, 2.24) is 20.7 Å². The molecule has 1 aromatic rings. The molecule has 146 valence electrons. The molecule has 5 atom stereocenters. The number of hydrogen-bond donors (Lipinski definition) is 2. The summed E-state index contributed by atoms with van der Waals surface area (Å²) in [5, 5.41) is 0. The Bertz CT molecular complexity index is 751. The molecule has 0 radical (unpaired) electrons. The molecule has 0 spiro atoms. The number of rotatable bonds is 2. The Labute approximate surface area is 158 Å². The second-order valence-electron chi connectivity index (χ2n) is 8.57. The molecule has 5 heterocycles. The largest absolute Gasteiger partial charge is 0.336 e. The van der Waals surface area contributed by atoms with Gasteiger partial charge in [-0.3, -0.25) is 15.1 Å². The Morgan fingerprint density at radius 2 is 1.93 bits per heavy atom. The zero-order chi connectivity index (χ0) is 18.7. The first-order valence-corrected chi connectivity index (χ1v) is 10.0. The smallest absolute Gasteiger partial charge is 0.241 e. The standard InChI is InChI=1S/C20H26F2N4O/c1-11-9-16(24-23-11)20(27)26-10-14(13-3-2-4-15(21)17(13)22)19-18(26)12-5-7-25(19)8-6-12/h2-4,11-12,14,16,18-19,23-24H,5-10H2,1H3/t11?,14-,16?,18+,19+/m1/s1. The molecule has 5 nitrogen and oxygen atoms in total. The third-order valence-electron chi connectivity index (χ3n) is 7.05. The highest BCUT2D eigenvalue weighted by Crippen LogP contribution is 2.47. The van der Waals surface area contributed by atoms with Gasteiger partial charge in [0.2, 0.25) is 5.91 Å². The molecule has 0 aromatic heterocycles. The molecule has 2 unspecified atom stereocenters. The lowest BCUT2D eigenvalue weighted by atomic mass is 9.75. The van der Waals surface area contributed by atoms with Gasteiger partial charge in [-0.05, 0) is 56.8 Å². The first kappa shape index (κ1) is 17.5. The minimum Gasteiger partial charge on any atom is -0.336 e. The van der Waals surface area contributed by atoms with E-state index in [2.05, 4.69) is 15.8 Å². The lowest BCUT2D eigenvalue weighted by Gasteiger charge is -2.51. The zero-order valence-electron chi connectivity index (χ0n) is 15.5. The molecule has 5 aliphatic heterocycles. The van der Waals surface area contributed by atoms with Crippen LogP contribution in [-0.2, 0) is 4.79 Å². The fourth-order valence-electron chi connectivity index (χ4n) is 5.83. The predicted octanol–water partition coefficient (Wildman–Crippen LogP) is 1.61. The molecule has 27 heavy (non-hydrogen) atoms. The number of hydrogen-bond acceptors (Lipinski definition) is 4. The van der Waals surface area contributed by atoms with Gasteiger partial charge in [0.1, 0.15) is 6.04 Å². The molecule has 6 rings (SSSR count). The van der Waals surface area contributed by atoms with Crippen LogP contribution in [0.15, 0.2) is 18.2 Å². The van der Waals surface area contributed by atoms with Crippen molar-refractivity contribution in [3.05, 3.63) is 35.4 Å². The number of carbonyl (C=O) groups is 1. The number of halogens is 2. The molecule has 2 bridgehead atoms. The van der Waals surface area contributed by atoms with Gasteiger partial charge < -0.3 is 4.90 Å². The zero-order valence-corrected chi connectivity index (χ0v) is 15.5. The van der Waals surface area contributed by atoms with Gasteiger partial charge >= 0.3 is 0 Å². The van der Waals surface area contributed by atoms with Crippen LogP contribution >= 0.6 is 0 Å². The average molecular weight is 376 g/mol. The lowest BCUT2D eigenvalue weighted by molar-refractivity contribution is -0.138. The van der Waals surface area contributed by atoms with E-state index in [1.807, 2.05) is 11.8 Å². The summed E-state index contributed by atoms with van der Waals surface area (Å²) >= 11 is 0. The first-order valence-electron chi connectivity index (χ1n) is 10.0. The van der Waals surface area contributed by atoms with Gasteiger partial charge in [-0.1, -0.05) is 12.1 Å². The van der Waals surface area contributed by atoms with Gasteiger partial charge in [-0.15, -0.1) is 0 Å². The summed E-state index contributed by atoms with van der Waals surface area (Å²) in [6.07, 6.45) is 2.91. The highest BCUT2D eigenvalue weighted by molar-refractivity contribution is 5.83. The molecule has 0 aliphatic carbocycles. The van der Waals surface area contributed by atoms with E-state index in [1.54, 1.807) is 12.1 Å². The van der Waals surface area contributed by atoms with Crippen LogP contribution in [-0.4, -0.2) is 59.5 Å². The van der Waals surface area contributed by atoms with Gasteiger partial charge in [0.05, 0.1) is 6.04 Å². The van der Waals surface area contributed by atoms with Crippen molar-refractivity contribution < 1.29 is 13.6 Å². The number of carbonyl (C=O) groups excluding carboxylic acids is 1. The van der Waals surface area contributed by atoms with Crippen molar-refractivity contribution in [2.24, 2.45) is 5.92 Å². The van der Waals surface area contributed by atoms with Crippen LogP contribution in [0.4, 0.5) is 8.78 Å². The molecule has 7 heteroatoms. The number of nitrogens with zero attached hydrogens (tertiary/aromatic N) is 2. The van der Waals surface area contributed by atoms with E-state index in [4.69, 9.17) is 0 Å². The number of amides is 1. The number of hydrazine groups is 1. The van der Waals surface area contributed by atoms with Crippen molar-refractivity contribution >= 4 is 5.91 Å².